The number of aromatic nitrogens is 4. The van der Waals surface area contributed by atoms with Gasteiger partial charge in [0.25, 0.3) is 5.56 Å². The van der Waals surface area contributed by atoms with E-state index in [1.54, 1.807) is 22.8 Å². The number of hydrogen-bond acceptors (Lipinski definition) is 7. The predicted molar refractivity (Wildman–Crippen MR) is 151 cm³/mol. The van der Waals surface area contributed by atoms with E-state index in [9.17, 15) is 33.8 Å². The van der Waals surface area contributed by atoms with E-state index in [1.165, 1.54) is 11.5 Å². The average molecular weight is 652 g/mol. The first-order valence-electron chi connectivity index (χ1n) is 13.0. The summed E-state index contributed by atoms with van der Waals surface area (Å²) < 4.78 is 73.8. The second-order valence-electron chi connectivity index (χ2n) is 10.2. The Labute approximate surface area is 246 Å². The van der Waals surface area contributed by atoms with Gasteiger partial charge in [-0.3, -0.25) is 14.4 Å². The summed E-state index contributed by atoms with van der Waals surface area (Å²) in [6, 6.07) is 0.859. The van der Waals surface area contributed by atoms with E-state index >= 15 is 0 Å². The number of benzene rings is 1. The molecule has 43 heavy (non-hydrogen) atoms. The van der Waals surface area contributed by atoms with Gasteiger partial charge in [-0.15, -0.1) is 5.10 Å². The van der Waals surface area contributed by atoms with Crippen molar-refractivity contribution in [1.82, 2.24) is 24.1 Å². The predicted octanol–water partition coefficient (Wildman–Crippen LogP) is 4.62. The number of piperazine rings is 1. The summed E-state index contributed by atoms with van der Waals surface area (Å²) >= 11 is 5.85. The zero-order valence-corrected chi connectivity index (χ0v) is 24.5. The molecule has 2 aliphatic rings. The molecular weight excluding hydrogens is 625 g/mol. The third kappa shape index (κ3) is 6.33. The number of halogens is 6. The Morgan fingerprint density at radius 2 is 1.81 bits per heavy atom. The van der Waals surface area contributed by atoms with E-state index in [2.05, 4.69) is 15.4 Å². The Kier molecular flexibility index (Phi) is 7.29. The fraction of sp³-hybridized carbons (Fsp3) is 0.400. The molecule has 0 radical (unpaired) electrons. The number of amides is 2. The van der Waals surface area contributed by atoms with E-state index in [-0.39, 0.29) is 41.0 Å². The number of nitrogens with zero attached hydrogens (tertiary/aromatic N) is 6. The number of nitrogens with one attached hydrogen (secondary N) is 1. The van der Waals surface area contributed by atoms with Crippen molar-refractivity contribution in [2.75, 3.05) is 49.6 Å². The molecule has 0 unspecified atom stereocenters. The minimum atomic E-state index is -9.98. The van der Waals surface area contributed by atoms with Gasteiger partial charge >= 0.3 is 10.2 Å². The summed E-state index contributed by atoms with van der Waals surface area (Å²) in [5.74, 6) is -0.577. The van der Waals surface area contributed by atoms with E-state index in [0.29, 0.717) is 57.6 Å². The van der Waals surface area contributed by atoms with Crippen LogP contribution >= 0.6 is 21.8 Å². The van der Waals surface area contributed by atoms with Crippen LogP contribution in [0.2, 0.25) is 5.02 Å². The highest BCUT2D eigenvalue weighted by atomic mass is 35.5. The molecule has 1 aromatic carbocycles. The third-order valence-electron chi connectivity index (χ3n) is 7.23. The average Bonchev–Trinajstić information content (AvgIpc) is 3.38. The van der Waals surface area contributed by atoms with Crippen LogP contribution < -0.4 is 15.8 Å². The summed E-state index contributed by atoms with van der Waals surface area (Å²) in [5.41, 5.74) is 0.532. The first-order chi connectivity index (χ1) is 19.9. The van der Waals surface area contributed by atoms with Crippen LogP contribution in [0.5, 0.6) is 0 Å². The van der Waals surface area contributed by atoms with Crippen LogP contribution in [-0.2, 0) is 20.9 Å². The molecular formula is C25H27ClF5N7O4S. The molecule has 1 saturated heterocycles. The molecule has 18 heteroatoms. The first kappa shape index (κ1) is 30.7. The number of hydrogen-bond donors (Lipinski definition) is 1. The van der Waals surface area contributed by atoms with Crippen molar-refractivity contribution in [3.8, 4) is 0 Å². The van der Waals surface area contributed by atoms with E-state index in [1.807, 2.05) is 0 Å². The van der Waals surface area contributed by atoms with Crippen LogP contribution in [0.1, 0.15) is 24.9 Å². The molecule has 0 bridgehead atoms. The molecule has 0 saturated carbocycles. The summed E-state index contributed by atoms with van der Waals surface area (Å²) in [7, 11) is -9.98. The van der Waals surface area contributed by atoms with Crippen molar-refractivity contribution >= 4 is 56.4 Å². The van der Waals surface area contributed by atoms with Gasteiger partial charge in [0.05, 0.1) is 23.9 Å². The Bertz CT molecular complexity index is 1740. The largest absolute Gasteiger partial charge is 0.377 e. The smallest absolute Gasteiger partial charge is 0.310 e. The van der Waals surface area contributed by atoms with Crippen molar-refractivity contribution in [2.45, 2.75) is 31.7 Å². The van der Waals surface area contributed by atoms with Gasteiger partial charge in [0.15, 0.2) is 5.82 Å². The number of fused-ring (bicyclic) bond motifs is 1. The molecule has 3 aromatic rings. The summed E-state index contributed by atoms with van der Waals surface area (Å²) in [4.78, 5) is 44.5. The molecule has 0 atom stereocenters. The molecule has 0 spiro atoms. The van der Waals surface area contributed by atoms with Crippen LogP contribution in [0.4, 0.5) is 30.8 Å². The van der Waals surface area contributed by atoms with Crippen LogP contribution in [-0.4, -0.2) is 75.3 Å². The molecule has 2 aromatic heterocycles. The maximum Gasteiger partial charge on any atom is 0.310 e. The van der Waals surface area contributed by atoms with Crippen LogP contribution in [0.15, 0.2) is 34.0 Å². The zero-order valence-electron chi connectivity index (χ0n) is 23.0. The quantitative estimate of drug-likeness (QED) is 0.387. The van der Waals surface area contributed by atoms with E-state index in [4.69, 9.17) is 16.3 Å². The van der Waals surface area contributed by atoms with E-state index in [0.717, 1.165) is 10.1 Å². The minimum absolute atomic E-state index is 0.0357. The second-order valence-corrected chi connectivity index (χ2v) is 13.0. The fourth-order valence-corrected chi connectivity index (χ4v) is 5.94. The van der Waals surface area contributed by atoms with Gasteiger partial charge in [0.2, 0.25) is 17.6 Å². The molecule has 0 aliphatic carbocycles. The summed E-state index contributed by atoms with van der Waals surface area (Å²) in [6.07, 6.45) is 2.28. The monoisotopic (exact) mass is 651 g/mol. The Balaban J connectivity index is 1.52. The highest BCUT2D eigenvalue weighted by molar-refractivity contribution is 8.45. The number of rotatable bonds is 6. The number of anilines is 2. The third-order valence-corrected chi connectivity index (χ3v) is 8.69. The number of carbonyl (C=O) groups is 2. The molecule has 5 rings (SSSR count). The highest BCUT2D eigenvalue weighted by Gasteiger charge is 2.65. The zero-order chi connectivity index (χ0) is 31.4. The fourth-order valence-electron chi connectivity index (χ4n) is 4.98. The Morgan fingerprint density at radius 3 is 2.40 bits per heavy atom. The van der Waals surface area contributed by atoms with Crippen molar-refractivity contribution in [2.24, 2.45) is 0 Å². The molecule has 1 N–H and O–H groups in total. The van der Waals surface area contributed by atoms with Gasteiger partial charge in [-0.1, -0.05) is 37.1 Å². The maximum atomic E-state index is 13.7. The molecule has 2 amide bonds. The lowest BCUT2D eigenvalue weighted by Crippen LogP contribution is -2.50. The SMILES string of the molecule is CC(=O)N1CCN(c2c(C)n(CC(=O)Nc3ccc(S(F)(F)(F)(F)F)cc3Cl)c3nc(C4=CCOCC4)nn3c2=O)CC1. The highest BCUT2D eigenvalue weighted by Crippen LogP contribution is 3.02. The Morgan fingerprint density at radius 1 is 1.12 bits per heavy atom. The standard InChI is InChI=1S/C25H27ClF5N7O4S/c1-15-22(36-9-7-35(8-10-36)16(2)39)24(41)38-25(33-23(34-38)17-5-11-42-12-6-17)37(15)14-21(40)32-20-4-3-18(13-19(20)26)43(27,28,29,30)31/h3-5,13H,6-12,14H2,1-2H3,(H,32,40). The lowest BCUT2D eigenvalue weighted by Gasteiger charge is -2.40. The topological polar surface area (TPSA) is 114 Å². The molecule has 11 nitrogen and oxygen atoms in total. The minimum Gasteiger partial charge on any atom is -0.377 e. The van der Waals surface area contributed by atoms with Crippen LogP contribution in [0.3, 0.4) is 0 Å². The Hall–Kier alpha value is -3.70. The van der Waals surface area contributed by atoms with Gasteiger partial charge in [0.1, 0.15) is 17.1 Å². The van der Waals surface area contributed by atoms with Crippen molar-refractivity contribution < 1.29 is 33.8 Å². The summed E-state index contributed by atoms with van der Waals surface area (Å²) in [5, 5.41) is 6.03. The number of ether oxygens (including phenoxy) is 1. The van der Waals surface area contributed by atoms with Gasteiger partial charge in [-0.25, -0.2) is 0 Å². The van der Waals surface area contributed by atoms with Gasteiger partial charge in [0, 0.05) is 38.8 Å². The molecule has 4 heterocycles. The van der Waals surface area contributed by atoms with E-state index < -0.39 is 38.2 Å². The molecule has 1 fully saturated rings. The van der Waals surface area contributed by atoms with Crippen LogP contribution in [0, 0.1) is 6.92 Å². The van der Waals surface area contributed by atoms with Gasteiger partial charge in [-0.05, 0) is 37.1 Å². The lowest BCUT2D eigenvalue weighted by molar-refractivity contribution is -0.129. The normalized spacial score (nSPS) is 17.8. The van der Waals surface area contributed by atoms with Gasteiger partial charge in [-0.2, -0.15) is 9.50 Å². The first-order valence-corrected chi connectivity index (χ1v) is 15.4. The summed E-state index contributed by atoms with van der Waals surface area (Å²) in [6.45, 7) is 4.78. The van der Waals surface area contributed by atoms with Crippen LogP contribution in [0.25, 0.3) is 11.4 Å². The van der Waals surface area contributed by atoms with Crippen molar-refractivity contribution in [3.05, 3.63) is 51.2 Å². The maximum absolute atomic E-state index is 13.7. The second kappa shape index (κ2) is 10.2. The van der Waals surface area contributed by atoms with Crippen molar-refractivity contribution in [3.63, 3.8) is 0 Å². The molecule has 234 valence electrons. The lowest BCUT2D eigenvalue weighted by atomic mass is 10.1. The van der Waals surface area contributed by atoms with Crippen molar-refractivity contribution in [1.29, 1.82) is 0 Å². The number of carbonyl (C=O) groups excluding carboxylic acids is 2. The van der Waals surface area contributed by atoms with Gasteiger partial charge < -0.3 is 24.4 Å². The molecule has 2 aliphatic heterocycles.